The molecule has 1 amide bonds. The molecule has 0 radical (unpaired) electrons. The van der Waals surface area contributed by atoms with Gasteiger partial charge in [0.15, 0.2) is 0 Å². The van der Waals surface area contributed by atoms with Crippen molar-refractivity contribution < 1.29 is 4.79 Å². The van der Waals surface area contributed by atoms with Gasteiger partial charge in [0.1, 0.15) is 0 Å². The van der Waals surface area contributed by atoms with Gasteiger partial charge in [0, 0.05) is 12.5 Å². The minimum absolute atomic E-state index is 0.242. The van der Waals surface area contributed by atoms with Crippen molar-refractivity contribution in [1.82, 2.24) is 5.32 Å². The number of nitrogens with two attached hydrogens (primary N) is 1. The minimum atomic E-state index is -0.242. The van der Waals surface area contributed by atoms with Crippen LogP contribution in [-0.2, 0) is 4.79 Å². The van der Waals surface area contributed by atoms with Gasteiger partial charge in [-0.3, -0.25) is 4.79 Å². The summed E-state index contributed by atoms with van der Waals surface area (Å²) in [6.07, 6.45) is 3.72. The molecule has 0 spiro atoms. The normalized spacial score (nSPS) is 12.0. The van der Waals surface area contributed by atoms with E-state index in [9.17, 15) is 4.79 Å². The fourth-order valence-electron chi connectivity index (χ4n) is 1.20. The molecule has 80 valence electrons. The molecular formula is C10H19N3O. The van der Waals surface area contributed by atoms with Crippen molar-refractivity contribution in [2.24, 2.45) is 5.73 Å². The molecule has 1 unspecified atom stereocenters. The first kappa shape index (κ1) is 12.9. The van der Waals surface area contributed by atoms with Crippen LogP contribution in [0.5, 0.6) is 0 Å². The first-order valence-corrected chi connectivity index (χ1v) is 5.09. The highest BCUT2D eigenvalue weighted by Crippen LogP contribution is 1.98. The second-order valence-corrected chi connectivity index (χ2v) is 3.34. The molecule has 0 fully saturated rings. The minimum Gasteiger partial charge on any atom is -0.370 e. The average Bonchev–Trinajstić information content (AvgIpc) is 2.15. The molecule has 1 atom stereocenters. The number of nitrogens with zero attached hydrogens (tertiary/aromatic N) is 1. The van der Waals surface area contributed by atoms with Gasteiger partial charge in [-0.1, -0.05) is 6.92 Å². The Hall–Kier alpha value is -1.08. The Bertz CT molecular complexity index is 198. The van der Waals surface area contributed by atoms with E-state index < -0.39 is 0 Å². The van der Waals surface area contributed by atoms with Crippen molar-refractivity contribution in [2.75, 3.05) is 6.54 Å². The number of nitriles is 1. The molecular weight excluding hydrogens is 178 g/mol. The Labute approximate surface area is 85.5 Å². The maximum Gasteiger partial charge on any atom is 0.217 e. The van der Waals surface area contributed by atoms with Gasteiger partial charge in [-0.05, 0) is 25.8 Å². The number of unbranched alkanes of at least 4 members (excludes halogenated alkanes) is 1. The van der Waals surface area contributed by atoms with Crippen molar-refractivity contribution in [3.8, 4) is 6.07 Å². The van der Waals surface area contributed by atoms with Crippen LogP contribution in [0.2, 0.25) is 0 Å². The lowest BCUT2D eigenvalue weighted by atomic mass is 10.1. The Morgan fingerprint density at radius 3 is 2.79 bits per heavy atom. The number of carbonyl (C=O) groups excluding carboxylic acids is 1. The smallest absolute Gasteiger partial charge is 0.217 e. The SMILES string of the molecule is CCC(CC#N)NCCCCC(N)=O. The first-order valence-electron chi connectivity index (χ1n) is 5.09. The van der Waals surface area contributed by atoms with Crippen molar-refractivity contribution in [3.63, 3.8) is 0 Å². The Morgan fingerprint density at radius 2 is 2.29 bits per heavy atom. The van der Waals surface area contributed by atoms with Crippen LogP contribution in [0.15, 0.2) is 0 Å². The van der Waals surface area contributed by atoms with Gasteiger partial charge in [0.05, 0.1) is 12.5 Å². The molecule has 3 N–H and O–H groups in total. The van der Waals surface area contributed by atoms with Crippen molar-refractivity contribution in [3.05, 3.63) is 0 Å². The van der Waals surface area contributed by atoms with Gasteiger partial charge in [-0.15, -0.1) is 0 Å². The maximum atomic E-state index is 10.4. The van der Waals surface area contributed by atoms with Gasteiger partial charge >= 0.3 is 0 Å². The lowest BCUT2D eigenvalue weighted by Crippen LogP contribution is -2.29. The van der Waals surface area contributed by atoms with E-state index in [0.717, 1.165) is 25.8 Å². The standard InChI is InChI=1S/C10H19N3O/c1-2-9(6-7-11)13-8-4-3-5-10(12)14/h9,13H,2-6,8H2,1H3,(H2,12,14). The average molecular weight is 197 g/mol. The van der Waals surface area contributed by atoms with Gasteiger partial charge in [-0.2, -0.15) is 5.26 Å². The maximum absolute atomic E-state index is 10.4. The third kappa shape index (κ3) is 7.56. The summed E-state index contributed by atoms with van der Waals surface area (Å²) in [5.74, 6) is -0.242. The van der Waals surface area contributed by atoms with Gasteiger partial charge < -0.3 is 11.1 Å². The molecule has 0 aromatic heterocycles. The number of nitrogens with one attached hydrogen (secondary N) is 1. The molecule has 0 saturated heterocycles. The van der Waals surface area contributed by atoms with E-state index >= 15 is 0 Å². The summed E-state index contributed by atoms with van der Waals surface area (Å²) >= 11 is 0. The summed E-state index contributed by atoms with van der Waals surface area (Å²) < 4.78 is 0. The summed E-state index contributed by atoms with van der Waals surface area (Å²) in [4.78, 5) is 10.4. The van der Waals surface area contributed by atoms with E-state index in [1.54, 1.807) is 0 Å². The van der Waals surface area contributed by atoms with Crippen LogP contribution in [0.25, 0.3) is 0 Å². The molecule has 14 heavy (non-hydrogen) atoms. The van der Waals surface area contributed by atoms with E-state index in [0.29, 0.717) is 12.8 Å². The highest BCUT2D eigenvalue weighted by molar-refractivity contribution is 5.73. The highest BCUT2D eigenvalue weighted by Gasteiger charge is 2.03. The van der Waals surface area contributed by atoms with Crippen LogP contribution in [0.4, 0.5) is 0 Å². The third-order valence-electron chi connectivity index (χ3n) is 2.11. The van der Waals surface area contributed by atoms with Crippen LogP contribution >= 0.6 is 0 Å². The largest absolute Gasteiger partial charge is 0.370 e. The van der Waals surface area contributed by atoms with Crippen molar-refractivity contribution in [1.29, 1.82) is 5.26 Å². The van der Waals surface area contributed by atoms with E-state index in [-0.39, 0.29) is 11.9 Å². The predicted molar refractivity (Wildman–Crippen MR) is 55.4 cm³/mol. The summed E-state index contributed by atoms with van der Waals surface area (Å²) in [6, 6.07) is 2.43. The van der Waals surface area contributed by atoms with Gasteiger partial charge in [-0.25, -0.2) is 0 Å². The highest BCUT2D eigenvalue weighted by atomic mass is 16.1. The summed E-state index contributed by atoms with van der Waals surface area (Å²) in [5.41, 5.74) is 5.01. The lowest BCUT2D eigenvalue weighted by molar-refractivity contribution is -0.118. The van der Waals surface area contributed by atoms with E-state index in [4.69, 9.17) is 11.0 Å². The number of hydrogen-bond acceptors (Lipinski definition) is 3. The third-order valence-corrected chi connectivity index (χ3v) is 2.11. The number of amides is 1. The van der Waals surface area contributed by atoms with Crippen LogP contribution in [0, 0.1) is 11.3 Å². The molecule has 0 aliphatic rings. The van der Waals surface area contributed by atoms with Crippen LogP contribution < -0.4 is 11.1 Å². The summed E-state index contributed by atoms with van der Waals surface area (Å²) in [7, 11) is 0. The number of hydrogen-bond donors (Lipinski definition) is 2. The number of rotatable bonds is 8. The first-order chi connectivity index (χ1) is 6.70. The number of carbonyl (C=O) groups is 1. The lowest BCUT2D eigenvalue weighted by Gasteiger charge is -2.12. The molecule has 0 rings (SSSR count). The molecule has 0 aliphatic carbocycles. The van der Waals surface area contributed by atoms with Crippen molar-refractivity contribution in [2.45, 2.75) is 45.1 Å². The van der Waals surface area contributed by atoms with Crippen LogP contribution in [0.3, 0.4) is 0 Å². The fourth-order valence-corrected chi connectivity index (χ4v) is 1.20. The molecule has 0 aromatic carbocycles. The topological polar surface area (TPSA) is 78.9 Å². The van der Waals surface area contributed by atoms with Crippen LogP contribution in [0.1, 0.15) is 39.0 Å². The zero-order valence-corrected chi connectivity index (χ0v) is 8.75. The molecule has 0 heterocycles. The Kier molecular flexibility index (Phi) is 7.86. The quantitative estimate of drug-likeness (QED) is 0.568. The Balaban J connectivity index is 3.33. The molecule has 0 aromatic rings. The zero-order valence-electron chi connectivity index (χ0n) is 8.75. The monoisotopic (exact) mass is 197 g/mol. The summed E-state index contributed by atoms with van der Waals surface area (Å²) in [5, 5.41) is 11.8. The van der Waals surface area contributed by atoms with E-state index in [2.05, 4.69) is 18.3 Å². The van der Waals surface area contributed by atoms with Gasteiger partial charge in [0.25, 0.3) is 0 Å². The summed E-state index contributed by atoms with van der Waals surface area (Å²) in [6.45, 7) is 2.91. The molecule has 4 heteroatoms. The number of primary amides is 1. The van der Waals surface area contributed by atoms with E-state index in [1.807, 2.05) is 0 Å². The van der Waals surface area contributed by atoms with E-state index in [1.165, 1.54) is 0 Å². The second-order valence-electron chi connectivity index (χ2n) is 3.34. The zero-order chi connectivity index (χ0) is 10.8. The van der Waals surface area contributed by atoms with Crippen LogP contribution in [-0.4, -0.2) is 18.5 Å². The van der Waals surface area contributed by atoms with Gasteiger partial charge in [0.2, 0.25) is 5.91 Å². The Morgan fingerprint density at radius 1 is 1.57 bits per heavy atom. The predicted octanol–water partition coefficient (Wildman–Crippen LogP) is 0.924. The second kappa shape index (κ2) is 8.52. The molecule has 0 saturated carbocycles. The van der Waals surface area contributed by atoms with Crippen molar-refractivity contribution >= 4 is 5.91 Å². The molecule has 0 aliphatic heterocycles. The molecule has 4 nitrogen and oxygen atoms in total. The molecule has 0 bridgehead atoms. The fraction of sp³-hybridized carbons (Fsp3) is 0.800.